The second-order valence-corrected chi connectivity index (χ2v) is 6.83. The number of aliphatic carboxylic acids is 1. The third kappa shape index (κ3) is 3.54. The van der Waals surface area contributed by atoms with Crippen molar-refractivity contribution < 1.29 is 14.3 Å². The summed E-state index contributed by atoms with van der Waals surface area (Å²) in [5, 5.41) is 13.0. The van der Waals surface area contributed by atoms with Crippen molar-refractivity contribution in [3.05, 3.63) is 63.9 Å². The highest BCUT2D eigenvalue weighted by Crippen LogP contribution is 2.32. The first-order valence-corrected chi connectivity index (χ1v) is 8.49. The lowest BCUT2D eigenvalue weighted by atomic mass is 9.87. The fourth-order valence-corrected chi connectivity index (χ4v) is 3.58. The van der Waals surface area contributed by atoms with Gasteiger partial charge in [0.2, 0.25) is 0 Å². The third-order valence-corrected chi connectivity index (χ3v) is 4.93. The maximum atomic E-state index is 14.1. The SMILES string of the molecule is C/C(=C\c1ccc2c(c1)C[C@@H](C(=O)O)[C@@H](C)N2)c1c(F)cccc1Cl. The summed E-state index contributed by atoms with van der Waals surface area (Å²) in [4.78, 5) is 11.4. The van der Waals surface area contributed by atoms with Crippen LogP contribution in [0, 0.1) is 11.7 Å². The minimum atomic E-state index is -0.805. The molecule has 1 aliphatic heterocycles. The smallest absolute Gasteiger partial charge is 0.308 e. The Balaban J connectivity index is 1.95. The average molecular weight is 360 g/mol. The monoisotopic (exact) mass is 359 g/mol. The predicted molar refractivity (Wildman–Crippen MR) is 99.3 cm³/mol. The van der Waals surface area contributed by atoms with Gasteiger partial charge in [-0.05, 0) is 61.2 Å². The Bertz CT molecular complexity index is 843. The Morgan fingerprint density at radius 1 is 1.36 bits per heavy atom. The normalized spacial score (nSPS) is 19.9. The van der Waals surface area contributed by atoms with Gasteiger partial charge >= 0.3 is 5.97 Å². The van der Waals surface area contributed by atoms with E-state index in [4.69, 9.17) is 11.6 Å². The molecule has 1 heterocycles. The molecule has 3 nitrogen and oxygen atoms in total. The number of fused-ring (bicyclic) bond motifs is 1. The number of allylic oxidation sites excluding steroid dienone is 1. The summed E-state index contributed by atoms with van der Waals surface area (Å²) in [6, 6.07) is 10.3. The Morgan fingerprint density at radius 3 is 2.80 bits per heavy atom. The second kappa shape index (κ2) is 6.89. The molecule has 2 N–H and O–H groups in total. The highest BCUT2D eigenvalue weighted by Gasteiger charge is 2.30. The molecule has 2 atom stereocenters. The molecule has 0 aromatic heterocycles. The highest BCUT2D eigenvalue weighted by molar-refractivity contribution is 6.32. The molecular weight excluding hydrogens is 341 g/mol. The van der Waals surface area contributed by atoms with Crippen LogP contribution in [-0.2, 0) is 11.2 Å². The van der Waals surface area contributed by atoms with Crippen LogP contribution in [0.25, 0.3) is 11.6 Å². The molecule has 0 saturated carbocycles. The predicted octanol–water partition coefficient (Wildman–Crippen LogP) is 5.10. The van der Waals surface area contributed by atoms with Gasteiger partial charge in [-0.1, -0.05) is 29.8 Å². The largest absolute Gasteiger partial charge is 0.481 e. The lowest BCUT2D eigenvalue weighted by Gasteiger charge is -2.30. The first-order valence-electron chi connectivity index (χ1n) is 8.11. The van der Waals surface area contributed by atoms with E-state index in [2.05, 4.69) is 5.32 Å². The summed E-state index contributed by atoms with van der Waals surface area (Å²) in [5.41, 5.74) is 3.89. The third-order valence-electron chi connectivity index (χ3n) is 4.61. The van der Waals surface area contributed by atoms with Gasteiger partial charge in [0.1, 0.15) is 5.82 Å². The Labute approximate surface area is 151 Å². The van der Waals surface area contributed by atoms with Crippen molar-refractivity contribution in [2.75, 3.05) is 5.32 Å². The zero-order chi connectivity index (χ0) is 18.1. The van der Waals surface area contributed by atoms with E-state index in [1.54, 1.807) is 12.1 Å². The number of carbonyl (C=O) groups is 1. The van der Waals surface area contributed by atoms with Gasteiger partial charge in [0, 0.05) is 17.3 Å². The number of hydrogen-bond donors (Lipinski definition) is 2. The van der Waals surface area contributed by atoms with Gasteiger partial charge in [0.05, 0.1) is 10.9 Å². The first kappa shape index (κ1) is 17.5. The van der Waals surface area contributed by atoms with Gasteiger partial charge in [0.25, 0.3) is 0 Å². The fraction of sp³-hybridized carbons (Fsp3) is 0.250. The van der Waals surface area contributed by atoms with Crippen LogP contribution < -0.4 is 5.32 Å². The number of anilines is 1. The zero-order valence-corrected chi connectivity index (χ0v) is 14.8. The molecule has 0 bridgehead atoms. The molecule has 130 valence electrons. The maximum Gasteiger partial charge on any atom is 0.308 e. The van der Waals surface area contributed by atoms with E-state index in [0.29, 0.717) is 17.0 Å². The molecule has 2 aromatic rings. The van der Waals surface area contributed by atoms with E-state index in [1.165, 1.54) is 6.07 Å². The lowest BCUT2D eigenvalue weighted by Crippen LogP contribution is -2.37. The number of carboxylic acids is 1. The molecule has 25 heavy (non-hydrogen) atoms. The minimum absolute atomic E-state index is 0.120. The Hall–Kier alpha value is -2.33. The zero-order valence-electron chi connectivity index (χ0n) is 14.0. The molecule has 0 aliphatic carbocycles. The molecule has 0 saturated heterocycles. The topological polar surface area (TPSA) is 49.3 Å². The van der Waals surface area contributed by atoms with Crippen molar-refractivity contribution in [2.45, 2.75) is 26.3 Å². The van der Waals surface area contributed by atoms with Crippen molar-refractivity contribution in [3.63, 3.8) is 0 Å². The number of carboxylic acid groups (broad SMARTS) is 1. The van der Waals surface area contributed by atoms with E-state index < -0.39 is 11.9 Å². The van der Waals surface area contributed by atoms with Crippen molar-refractivity contribution in [1.82, 2.24) is 0 Å². The van der Waals surface area contributed by atoms with Crippen LogP contribution >= 0.6 is 11.6 Å². The van der Waals surface area contributed by atoms with Gasteiger partial charge < -0.3 is 10.4 Å². The summed E-state index contributed by atoms with van der Waals surface area (Å²) >= 11 is 6.12. The number of halogens is 2. The average Bonchev–Trinajstić information content (AvgIpc) is 2.54. The number of benzene rings is 2. The first-order chi connectivity index (χ1) is 11.9. The summed E-state index contributed by atoms with van der Waals surface area (Å²) in [5.74, 6) is -1.63. The van der Waals surface area contributed by atoms with Gasteiger partial charge in [0.15, 0.2) is 0 Å². The molecule has 2 aromatic carbocycles. The molecule has 0 amide bonds. The van der Waals surface area contributed by atoms with Crippen molar-refractivity contribution >= 4 is 34.9 Å². The van der Waals surface area contributed by atoms with Gasteiger partial charge in [-0.3, -0.25) is 4.79 Å². The molecule has 0 spiro atoms. The number of rotatable bonds is 3. The molecule has 3 rings (SSSR count). The van der Waals surface area contributed by atoms with E-state index in [9.17, 15) is 14.3 Å². The van der Waals surface area contributed by atoms with Crippen LogP contribution in [0.3, 0.4) is 0 Å². The quantitative estimate of drug-likeness (QED) is 0.750. The van der Waals surface area contributed by atoms with Gasteiger partial charge in [-0.2, -0.15) is 0 Å². The van der Waals surface area contributed by atoms with E-state index >= 15 is 0 Å². The molecular formula is C20H19ClFNO2. The van der Waals surface area contributed by atoms with Crippen LogP contribution in [0.2, 0.25) is 5.02 Å². The van der Waals surface area contributed by atoms with E-state index in [-0.39, 0.29) is 11.9 Å². The van der Waals surface area contributed by atoms with Crippen LogP contribution in [0.1, 0.15) is 30.5 Å². The fourth-order valence-electron chi connectivity index (χ4n) is 3.27. The molecule has 0 fully saturated rings. The standard InChI is InChI=1S/C20H19ClFNO2/c1-11(19-16(21)4-3-5-17(19)22)8-13-6-7-18-14(9-13)10-15(20(24)25)12(2)23-18/h3-9,12,15,23H,10H2,1-2H3,(H,24,25)/b11-8+/t12-,15-/m1/s1. The van der Waals surface area contributed by atoms with Crippen LogP contribution in [0.5, 0.6) is 0 Å². The Kier molecular flexibility index (Phi) is 4.82. The van der Waals surface area contributed by atoms with Gasteiger partial charge in [-0.25, -0.2) is 4.39 Å². The van der Waals surface area contributed by atoms with Crippen molar-refractivity contribution in [2.24, 2.45) is 5.92 Å². The summed E-state index contributed by atoms with van der Waals surface area (Å²) in [6.07, 6.45) is 2.33. The van der Waals surface area contributed by atoms with Gasteiger partial charge in [-0.15, -0.1) is 0 Å². The van der Waals surface area contributed by atoms with E-state index in [1.807, 2.05) is 38.1 Å². The second-order valence-electron chi connectivity index (χ2n) is 6.42. The van der Waals surface area contributed by atoms with Crippen LogP contribution in [-0.4, -0.2) is 17.1 Å². The van der Waals surface area contributed by atoms with Crippen molar-refractivity contribution in [1.29, 1.82) is 0 Å². The summed E-state index contributed by atoms with van der Waals surface area (Å²) in [6.45, 7) is 3.68. The van der Waals surface area contributed by atoms with E-state index in [0.717, 1.165) is 22.4 Å². The molecule has 1 aliphatic rings. The molecule has 5 heteroatoms. The lowest BCUT2D eigenvalue weighted by molar-refractivity contribution is -0.142. The number of hydrogen-bond acceptors (Lipinski definition) is 2. The maximum absolute atomic E-state index is 14.1. The summed E-state index contributed by atoms with van der Waals surface area (Å²) in [7, 11) is 0. The highest BCUT2D eigenvalue weighted by atomic mass is 35.5. The molecule has 0 unspecified atom stereocenters. The van der Waals surface area contributed by atoms with Crippen LogP contribution in [0.4, 0.5) is 10.1 Å². The number of nitrogens with one attached hydrogen (secondary N) is 1. The van der Waals surface area contributed by atoms with Crippen molar-refractivity contribution in [3.8, 4) is 0 Å². The Morgan fingerprint density at radius 2 is 2.12 bits per heavy atom. The molecule has 0 radical (unpaired) electrons. The summed E-state index contributed by atoms with van der Waals surface area (Å²) < 4.78 is 14.1. The van der Waals surface area contributed by atoms with Crippen LogP contribution in [0.15, 0.2) is 36.4 Å². The minimum Gasteiger partial charge on any atom is -0.481 e.